The first-order valence-electron chi connectivity index (χ1n) is 5.63. The van der Waals surface area contributed by atoms with Gasteiger partial charge in [-0.25, -0.2) is 0 Å². The Labute approximate surface area is 96.7 Å². The fourth-order valence-corrected chi connectivity index (χ4v) is 3.20. The van der Waals surface area contributed by atoms with Gasteiger partial charge in [0.1, 0.15) is 0 Å². The molecule has 0 aromatic heterocycles. The lowest BCUT2D eigenvalue weighted by atomic mass is 9.98. The Balaban J connectivity index is 2.18. The van der Waals surface area contributed by atoms with Crippen LogP contribution in [-0.2, 0) is 6.42 Å². The van der Waals surface area contributed by atoms with Crippen LogP contribution in [0.2, 0.25) is 0 Å². The zero-order valence-corrected chi connectivity index (χ0v) is 10.5. The molecule has 1 heterocycles. The van der Waals surface area contributed by atoms with Gasteiger partial charge in [-0.2, -0.15) is 0 Å². The minimum Gasteiger partial charge on any atom is -0.317 e. The molecule has 0 amide bonds. The number of rotatable bonds is 3. The maximum atomic E-state index is 3.29. The molecule has 2 unspecified atom stereocenters. The van der Waals surface area contributed by atoms with E-state index in [0.717, 1.165) is 12.3 Å². The first-order valence-corrected chi connectivity index (χ1v) is 6.62. The molecule has 82 valence electrons. The Bertz CT molecular complexity index is 348. The van der Waals surface area contributed by atoms with Crippen molar-refractivity contribution in [3.8, 4) is 0 Å². The van der Waals surface area contributed by atoms with Crippen molar-refractivity contribution in [2.45, 2.75) is 37.1 Å². The Morgan fingerprint density at radius 3 is 3.07 bits per heavy atom. The van der Waals surface area contributed by atoms with E-state index in [1.54, 1.807) is 5.56 Å². The summed E-state index contributed by atoms with van der Waals surface area (Å²) < 4.78 is 0. The molecule has 0 saturated carbocycles. The van der Waals surface area contributed by atoms with E-state index < -0.39 is 0 Å². The molecule has 0 radical (unpaired) electrons. The molecule has 1 aromatic rings. The first-order chi connectivity index (χ1) is 7.20. The average molecular weight is 221 g/mol. The van der Waals surface area contributed by atoms with E-state index in [0.29, 0.717) is 6.04 Å². The van der Waals surface area contributed by atoms with Crippen LogP contribution < -0.4 is 5.32 Å². The minimum atomic E-state index is 0.562. The van der Waals surface area contributed by atoms with Crippen LogP contribution in [-0.4, -0.2) is 18.8 Å². The highest BCUT2D eigenvalue weighted by Gasteiger charge is 2.19. The van der Waals surface area contributed by atoms with E-state index in [4.69, 9.17) is 0 Å². The molecule has 0 spiro atoms. The van der Waals surface area contributed by atoms with Crippen LogP contribution in [0, 0.1) is 0 Å². The van der Waals surface area contributed by atoms with Gasteiger partial charge >= 0.3 is 0 Å². The molecule has 0 bridgehead atoms. The number of hydrogen-bond donors (Lipinski definition) is 1. The lowest BCUT2D eigenvalue weighted by molar-refractivity contribution is 0.608. The van der Waals surface area contributed by atoms with Gasteiger partial charge in [-0.05, 0) is 43.5 Å². The largest absolute Gasteiger partial charge is 0.317 e. The van der Waals surface area contributed by atoms with Gasteiger partial charge in [0.05, 0.1) is 0 Å². The molecule has 0 fully saturated rings. The van der Waals surface area contributed by atoms with Crippen LogP contribution in [0.5, 0.6) is 0 Å². The van der Waals surface area contributed by atoms with Gasteiger partial charge in [0.25, 0.3) is 0 Å². The van der Waals surface area contributed by atoms with Crippen molar-refractivity contribution < 1.29 is 0 Å². The Morgan fingerprint density at radius 2 is 2.33 bits per heavy atom. The molecule has 1 nitrogen and oxygen atoms in total. The second-order valence-electron chi connectivity index (χ2n) is 4.48. The second kappa shape index (κ2) is 4.58. The summed E-state index contributed by atoms with van der Waals surface area (Å²) in [6.07, 6.45) is 1.13. The summed E-state index contributed by atoms with van der Waals surface area (Å²) >= 11 is 1.99. The van der Waals surface area contributed by atoms with E-state index >= 15 is 0 Å². The Morgan fingerprint density at radius 1 is 1.53 bits per heavy atom. The first kappa shape index (κ1) is 11.0. The Hall–Kier alpha value is -0.470. The standard InChI is InChI=1S/C13H19NS/c1-9-8-15-13-5-4-11(7-12(9)13)6-10(2)14-3/h4-5,7,9-10,14H,6,8H2,1-3H3. The maximum absolute atomic E-state index is 3.29. The monoisotopic (exact) mass is 221 g/mol. The highest BCUT2D eigenvalue weighted by atomic mass is 32.2. The average Bonchev–Trinajstić information content (AvgIpc) is 2.60. The van der Waals surface area contributed by atoms with Crippen LogP contribution in [0.15, 0.2) is 23.1 Å². The van der Waals surface area contributed by atoms with Gasteiger partial charge in [0.15, 0.2) is 0 Å². The number of likely N-dealkylation sites (N-methyl/N-ethyl adjacent to an activating group) is 1. The summed E-state index contributed by atoms with van der Waals surface area (Å²) in [6, 6.07) is 7.53. The zero-order chi connectivity index (χ0) is 10.8. The van der Waals surface area contributed by atoms with Gasteiger partial charge in [-0.15, -0.1) is 11.8 Å². The van der Waals surface area contributed by atoms with Crippen LogP contribution in [0.1, 0.15) is 30.9 Å². The molecular weight excluding hydrogens is 202 g/mol. The minimum absolute atomic E-state index is 0.562. The van der Waals surface area contributed by atoms with Gasteiger partial charge in [0, 0.05) is 16.7 Å². The van der Waals surface area contributed by atoms with Crippen LogP contribution >= 0.6 is 11.8 Å². The molecule has 1 aliphatic rings. The van der Waals surface area contributed by atoms with Crippen LogP contribution in [0.3, 0.4) is 0 Å². The molecule has 1 aromatic carbocycles. The van der Waals surface area contributed by atoms with E-state index in [1.165, 1.54) is 16.2 Å². The fraction of sp³-hybridized carbons (Fsp3) is 0.538. The summed E-state index contributed by atoms with van der Waals surface area (Å²) in [7, 11) is 2.02. The van der Waals surface area contributed by atoms with E-state index in [-0.39, 0.29) is 0 Å². The molecule has 1 N–H and O–H groups in total. The van der Waals surface area contributed by atoms with Crippen LogP contribution in [0.4, 0.5) is 0 Å². The molecule has 0 aliphatic carbocycles. The SMILES string of the molecule is CNC(C)Cc1ccc2c(c1)C(C)CS2. The molecule has 2 atom stereocenters. The molecule has 2 heteroatoms. The van der Waals surface area contributed by atoms with Gasteiger partial charge in [0.2, 0.25) is 0 Å². The summed E-state index contributed by atoms with van der Waals surface area (Å²) in [6.45, 7) is 4.55. The number of benzene rings is 1. The van der Waals surface area contributed by atoms with Crippen molar-refractivity contribution in [1.82, 2.24) is 5.32 Å². The van der Waals surface area contributed by atoms with E-state index in [2.05, 4.69) is 37.4 Å². The number of thioether (sulfide) groups is 1. The maximum Gasteiger partial charge on any atom is 0.0107 e. The third-order valence-corrected chi connectivity index (χ3v) is 4.48. The smallest absolute Gasteiger partial charge is 0.0107 e. The Kier molecular flexibility index (Phi) is 3.37. The highest BCUT2D eigenvalue weighted by Crippen LogP contribution is 2.39. The number of fused-ring (bicyclic) bond motifs is 1. The summed E-state index contributed by atoms with van der Waals surface area (Å²) in [4.78, 5) is 1.49. The molecule has 15 heavy (non-hydrogen) atoms. The van der Waals surface area contributed by atoms with Crippen molar-refractivity contribution in [2.24, 2.45) is 0 Å². The van der Waals surface area contributed by atoms with Crippen molar-refractivity contribution in [3.63, 3.8) is 0 Å². The van der Waals surface area contributed by atoms with E-state index in [9.17, 15) is 0 Å². The quantitative estimate of drug-likeness (QED) is 0.842. The number of nitrogens with one attached hydrogen (secondary N) is 1. The topological polar surface area (TPSA) is 12.0 Å². The molecule has 1 aliphatic heterocycles. The lowest BCUT2D eigenvalue weighted by Gasteiger charge is -2.12. The number of hydrogen-bond acceptors (Lipinski definition) is 2. The van der Waals surface area contributed by atoms with Crippen molar-refractivity contribution >= 4 is 11.8 Å². The third kappa shape index (κ3) is 2.37. The molecule has 2 rings (SSSR count). The predicted molar refractivity (Wildman–Crippen MR) is 67.8 cm³/mol. The lowest BCUT2D eigenvalue weighted by Crippen LogP contribution is -2.23. The van der Waals surface area contributed by atoms with Gasteiger partial charge < -0.3 is 5.32 Å². The van der Waals surface area contributed by atoms with Gasteiger partial charge in [-0.1, -0.05) is 19.1 Å². The fourth-order valence-electron chi connectivity index (χ4n) is 2.00. The molecule has 0 saturated heterocycles. The van der Waals surface area contributed by atoms with Crippen molar-refractivity contribution in [3.05, 3.63) is 29.3 Å². The van der Waals surface area contributed by atoms with E-state index in [1.807, 2.05) is 18.8 Å². The zero-order valence-electron chi connectivity index (χ0n) is 9.71. The molecular formula is C13H19NS. The normalized spacial score (nSPS) is 21.4. The van der Waals surface area contributed by atoms with Gasteiger partial charge in [-0.3, -0.25) is 0 Å². The predicted octanol–water partition coefficient (Wildman–Crippen LogP) is 3.05. The highest BCUT2D eigenvalue weighted by molar-refractivity contribution is 7.99. The summed E-state index contributed by atoms with van der Waals surface area (Å²) in [5.74, 6) is 1.98. The second-order valence-corrected chi connectivity index (χ2v) is 5.54. The summed E-state index contributed by atoms with van der Waals surface area (Å²) in [5.41, 5.74) is 3.02. The third-order valence-electron chi connectivity index (χ3n) is 3.13. The summed E-state index contributed by atoms with van der Waals surface area (Å²) in [5, 5.41) is 3.29. The van der Waals surface area contributed by atoms with Crippen molar-refractivity contribution in [2.75, 3.05) is 12.8 Å². The van der Waals surface area contributed by atoms with Crippen LogP contribution in [0.25, 0.3) is 0 Å². The van der Waals surface area contributed by atoms with Crippen molar-refractivity contribution in [1.29, 1.82) is 0 Å².